The number of benzene rings is 1. The summed E-state index contributed by atoms with van der Waals surface area (Å²) in [5.41, 5.74) is 1.72. The molecule has 22 heavy (non-hydrogen) atoms. The number of hydrazone groups is 1. The summed E-state index contributed by atoms with van der Waals surface area (Å²) in [6, 6.07) is 9.60. The summed E-state index contributed by atoms with van der Waals surface area (Å²) in [7, 11) is 0. The highest BCUT2D eigenvalue weighted by molar-refractivity contribution is 6.15. The van der Waals surface area contributed by atoms with Crippen LogP contribution in [0.4, 0.5) is 5.69 Å². The molecule has 0 aliphatic carbocycles. The molecule has 0 radical (unpaired) electrons. The predicted octanol–water partition coefficient (Wildman–Crippen LogP) is 3.16. The summed E-state index contributed by atoms with van der Waals surface area (Å²) in [6.07, 6.45) is 7.05. The molecule has 1 amide bonds. The first-order chi connectivity index (χ1) is 10.8. The second-order valence-corrected chi connectivity index (χ2v) is 5.48. The minimum atomic E-state index is -0.134. The van der Waals surface area contributed by atoms with Crippen LogP contribution in [0.5, 0.6) is 0 Å². The molecule has 3 rings (SSSR count). The van der Waals surface area contributed by atoms with E-state index in [2.05, 4.69) is 22.0 Å². The van der Waals surface area contributed by atoms with Gasteiger partial charge in [0.05, 0.1) is 17.3 Å². The van der Waals surface area contributed by atoms with E-state index in [-0.39, 0.29) is 11.8 Å². The lowest BCUT2D eigenvalue weighted by atomic mass is 9.94. The Morgan fingerprint density at radius 1 is 1.27 bits per heavy atom. The quantitative estimate of drug-likeness (QED) is 0.890. The van der Waals surface area contributed by atoms with E-state index in [1.807, 2.05) is 30.3 Å². The van der Waals surface area contributed by atoms with Gasteiger partial charge in [-0.15, -0.1) is 0 Å². The SMILES string of the molecule is CCCCC1C(=O)N(c2ccccc2)N=C1Cc1ncc[nH]1. The monoisotopic (exact) mass is 296 g/mol. The van der Waals surface area contributed by atoms with Gasteiger partial charge in [-0.25, -0.2) is 9.99 Å². The molecular weight excluding hydrogens is 276 g/mol. The highest BCUT2D eigenvalue weighted by atomic mass is 16.2. The van der Waals surface area contributed by atoms with E-state index < -0.39 is 0 Å². The molecule has 1 aliphatic heterocycles. The van der Waals surface area contributed by atoms with Crippen LogP contribution in [0.15, 0.2) is 47.8 Å². The summed E-state index contributed by atoms with van der Waals surface area (Å²) in [6.45, 7) is 2.14. The van der Waals surface area contributed by atoms with Gasteiger partial charge in [-0.05, 0) is 18.6 Å². The number of rotatable bonds is 6. The van der Waals surface area contributed by atoms with E-state index in [1.165, 1.54) is 0 Å². The standard InChI is InChI=1S/C17H20N4O/c1-2-3-9-14-15(12-16-18-10-11-19-16)20-21(17(14)22)13-7-5-4-6-8-13/h4-8,10-11,14H,2-3,9,12H2,1H3,(H,18,19). The van der Waals surface area contributed by atoms with Gasteiger partial charge in [0.25, 0.3) is 5.91 Å². The molecule has 1 unspecified atom stereocenters. The smallest absolute Gasteiger partial charge is 0.256 e. The molecule has 0 saturated heterocycles. The summed E-state index contributed by atoms with van der Waals surface area (Å²) in [4.78, 5) is 20.1. The maximum absolute atomic E-state index is 12.7. The summed E-state index contributed by atoms with van der Waals surface area (Å²) in [5.74, 6) is 0.787. The van der Waals surface area contributed by atoms with Crippen molar-refractivity contribution in [1.82, 2.24) is 9.97 Å². The number of imidazole rings is 1. The zero-order chi connectivity index (χ0) is 15.4. The van der Waals surface area contributed by atoms with Gasteiger partial charge >= 0.3 is 0 Å². The number of anilines is 1. The van der Waals surface area contributed by atoms with Gasteiger partial charge in [0.2, 0.25) is 0 Å². The molecule has 0 spiro atoms. The molecule has 5 nitrogen and oxygen atoms in total. The summed E-state index contributed by atoms with van der Waals surface area (Å²) >= 11 is 0. The van der Waals surface area contributed by atoms with Crippen LogP contribution in [-0.2, 0) is 11.2 Å². The van der Waals surface area contributed by atoms with Gasteiger partial charge in [-0.2, -0.15) is 5.10 Å². The molecule has 1 atom stereocenters. The number of hydrogen-bond acceptors (Lipinski definition) is 3. The Morgan fingerprint density at radius 2 is 2.09 bits per heavy atom. The number of para-hydroxylation sites is 1. The topological polar surface area (TPSA) is 61.4 Å². The van der Waals surface area contributed by atoms with Crippen molar-refractivity contribution in [2.75, 3.05) is 5.01 Å². The van der Waals surface area contributed by atoms with E-state index in [0.29, 0.717) is 6.42 Å². The fraction of sp³-hybridized carbons (Fsp3) is 0.353. The average Bonchev–Trinajstić information content (AvgIpc) is 3.16. The zero-order valence-electron chi connectivity index (χ0n) is 12.7. The highest BCUT2D eigenvalue weighted by Crippen LogP contribution is 2.27. The maximum atomic E-state index is 12.7. The Morgan fingerprint density at radius 3 is 2.77 bits per heavy atom. The molecule has 1 aromatic carbocycles. The Hall–Kier alpha value is -2.43. The molecule has 0 saturated carbocycles. The van der Waals surface area contributed by atoms with Crippen LogP contribution in [-0.4, -0.2) is 21.6 Å². The predicted molar refractivity (Wildman–Crippen MR) is 86.7 cm³/mol. The number of aromatic nitrogens is 2. The van der Waals surface area contributed by atoms with Crippen molar-refractivity contribution >= 4 is 17.3 Å². The number of H-pyrrole nitrogens is 1. The molecule has 2 aromatic rings. The number of unbranched alkanes of at least 4 members (excludes halogenated alkanes) is 1. The highest BCUT2D eigenvalue weighted by Gasteiger charge is 2.36. The molecule has 2 heterocycles. The number of carbonyl (C=O) groups is 1. The maximum Gasteiger partial charge on any atom is 0.256 e. The van der Waals surface area contributed by atoms with Crippen LogP contribution in [0.25, 0.3) is 0 Å². The van der Waals surface area contributed by atoms with E-state index >= 15 is 0 Å². The van der Waals surface area contributed by atoms with Gasteiger partial charge in [-0.1, -0.05) is 38.0 Å². The Bertz CT molecular complexity index is 649. The third-order valence-corrected chi connectivity index (χ3v) is 3.89. The third kappa shape index (κ3) is 2.93. The number of carbonyl (C=O) groups excluding carboxylic acids is 1. The molecule has 114 valence electrons. The molecular formula is C17H20N4O. The van der Waals surface area contributed by atoms with Gasteiger partial charge < -0.3 is 4.98 Å². The van der Waals surface area contributed by atoms with E-state index in [0.717, 1.165) is 36.5 Å². The molecule has 0 bridgehead atoms. The third-order valence-electron chi connectivity index (χ3n) is 3.89. The van der Waals surface area contributed by atoms with Crippen molar-refractivity contribution in [2.24, 2.45) is 11.0 Å². The average molecular weight is 296 g/mol. The number of amides is 1. The largest absolute Gasteiger partial charge is 0.348 e. The van der Waals surface area contributed by atoms with Crippen molar-refractivity contribution in [3.05, 3.63) is 48.5 Å². The number of nitrogens with one attached hydrogen (secondary N) is 1. The first-order valence-corrected chi connectivity index (χ1v) is 7.74. The van der Waals surface area contributed by atoms with E-state index in [4.69, 9.17) is 0 Å². The fourth-order valence-corrected chi connectivity index (χ4v) is 2.71. The van der Waals surface area contributed by atoms with Gasteiger partial charge in [0, 0.05) is 18.8 Å². The normalized spacial score (nSPS) is 17.9. The minimum Gasteiger partial charge on any atom is -0.348 e. The number of hydrogen-bond donors (Lipinski definition) is 1. The van der Waals surface area contributed by atoms with Crippen molar-refractivity contribution in [3.63, 3.8) is 0 Å². The van der Waals surface area contributed by atoms with Crippen LogP contribution in [0.1, 0.15) is 32.0 Å². The Balaban J connectivity index is 1.86. The Labute approximate surface area is 130 Å². The van der Waals surface area contributed by atoms with Crippen molar-refractivity contribution < 1.29 is 4.79 Å². The van der Waals surface area contributed by atoms with Gasteiger partial charge in [0.15, 0.2) is 0 Å². The lowest BCUT2D eigenvalue weighted by Gasteiger charge is -2.14. The molecule has 1 aliphatic rings. The minimum absolute atomic E-state index is 0.0706. The number of aromatic amines is 1. The zero-order valence-corrected chi connectivity index (χ0v) is 12.7. The lowest BCUT2D eigenvalue weighted by molar-refractivity contribution is -0.119. The molecule has 5 heteroatoms. The van der Waals surface area contributed by atoms with Crippen LogP contribution in [0, 0.1) is 5.92 Å². The van der Waals surface area contributed by atoms with E-state index in [9.17, 15) is 4.79 Å². The van der Waals surface area contributed by atoms with Crippen molar-refractivity contribution in [3.8, 4) is 0 Å². The fourth-order valence-electron chi connectivity index (χ4n) is 2.71. The summed E-state index contributed by atoms with van der Waals surface area (Å²) in [5, 5.41) is 6.13. The first-order valence-electron chi connectivity index (χ1n) is 7.74. The van der Waals surface area contributed by atoms with E-state index in [1.54, 1.807) is 17.4 Å². The molecule has 1 aromatic heterocycles. The van der Waals surface area contributed by atoms with Gasteiger partial charge in [0.1, 0.15) is 5.82 Å². The van der Waals surface area contributed by atoms with Crippen LogP contribution in [0.2, 0.25) is 0 Å². The summed E-state index contributed by atoms with van der Waals surface area (Å²) < 4.78 is 0. The van der Waals surface area contributed by atoms with Gasteiger partial charge in [-0.3, -0.25) is 4.79 Å². The molecule has 0 fully saturated rings. The second-order valence-electron chi connectivity index (χ2n) is 5.48. The Kier molecular flexibility index (Phi) is 4.32. The van der Waals surface area contributed by atoms with Crippen LogP contribution in [0.3, 0.4) is 0 Å². The first kappa shape index (κ1) is 14.5. The van der Waals surface area contributed by atoms with Crippen LogP contribution < -0.4 is 5.01 Å². The van der Waals surface area contributed by atoms with Crippen molar-refractivity contribution in [1.29, 1.82) is 0 Å². The lowest BCUT2D eigenvalue weighted by Crippen LogP contribution is -2.28. The second kappa shape index (κ2) is 6.56. The van der Waals surface area contributed by atoms with Crippen molar-refractivity contribution in [2.45, 2.75) is 32.6 Å². The van der Waals surface area contributed by atoms with Crippen LogP contribution >= 0.6 is 0 Å². The number of nitrogens with zero attached hydrogens (tertiary/aromatic N) is 3. The molecule has 1 N–H and O–H groups in total.